The monoisotopic (exact) mass is 421 g/mol. The molecule has 0 aliphatic carbocycles. The second-order valence-electron chi connectivity index (χ2n) is 7.63. The van der Waals surface area contributed by atoms with Crippen LogP contribution in [0.25, 0.3) is 10.4 Å². The largest absolute Gasteiger partial charge is 0.477 e. The predicted molar refractivity (Wildman–Crippen MR) is 119 cm³/mol. The van der Waals surface area contributed by atoms with Crippen LogP contribution in [0.15, 0.2) is 60.7 Å². The first-order chi connectivity index (χ1) is 14.5. The van der Waals surface area contributed by atoms with E-state index in [9.17, 15) is 14.7 Å². The summed E-state index contributed by atoms with van der Waals surface area (Å²) < 4.78 is 0. The van der Waals surface area contributed by atoms with Crippen molar-refractivity contribution in [2.24, 2.45) is 0 Å². The summed E-state index contributed by atoms with van der Waals surface area (Å²) in [6.07, 6.45) is 1.68. The molecule has 1 aliphatic heterocycles. The molecule has 3 aromatic rings. The van der Waals surface area contributed by atoms with Gasteiger partial charge in [0.05, 0.1) is 18.8 Å². The van der Waals surface area contributed by atoms with Gasteiger partial charge in [-0.2, -0.15) is 0 Å². The topological polar surface area (TPSA) is 74.2 Å². The first-order valence-electron chi connectivity index (χ1n) is 10.2. The molecule has 4 rings (SSSR count). The van der Waals surface area contributed by atoms with Crippen molar-refractivity contribution in [2.75, 3.05) is 18.0 Å². The second-order valence-corrected chi connectivity index (χ2v) is 8.69. The van der Waals surface area contributed by atoms with Crippen LogP contribution in [-0.2, 0) is 0 Å². The molecule has 3 N–H and O–H groups in total. The fraction of sp³-hybridized carbons (Fsp3) is 0.250. The molecule has 5 nitrogen and oxygen atoms in total. The molecule has 0 bridgehead atoms. The van der Waals surface area contributed by atoms with E-state index in [1.165, 1.54) is 11.3 Å². The summed E-state index contributed by atoms with van der Waals surface area (Å²) in [5.74, 6) is -1.14. The van der Waals surface area contributed by atoms with Crippen molar-refractivity contribution in [3.63, 3.8) is 0 Å². The summed E-state index contributed by atoms with van der Waals surface area (Å²) in [6.45, 7) is 3.84. The third-order valence-electron chi connectivity index (χ3n) is 5.52. The zero-order chi connectivity index (χ0) is 21.1. The molecule has 1 aliphatic rings. The average Bonchev–Trinajstić information content (AvgIpc) is 3.21. The highest BCUT2D eigenvalue weighted by Crippen LogP contribution is 2.39. The maximum Gasteiger partial charge on any atom is 0.348 e. The van der Waals surface area contributed by atoms with E-state index in [2.05, 4.69) is 5.32 Å². The van der Waals surface area contributed by atoms with Gasteiger partial charge in [0.15, 0.2) is 0 Å². The molecule has 1 aromatic heterocycles. The fourth-order valence-electron chi connectivity index (χ4n) is 3.93. The SMILES string of the molecule is Cc1ccc(C(=O)N(c2cc(-c3ccccc3)sc2C(=O)O)C2CC[NH2+]CC2)cc1. The number of aryl methyl sites for hydroxylation is 1. The molecule has 154 valence electrons. The molecular weight excluding hydrogens is 396 g/mol. The number of rotatable bonds is 5. The molecule has 0 saturated carbocycles. The molecule has 0 spiro atoms. The number of hydrogen-bond acceptors (Lipinski definition) is 3. The van der Waals surface area contributed by atoms with Crippen LogP contribution in [0.4, 0.5) is 5.69 Å². The third kappa shape index (κ3) is 4.15. The molecule has 1 fully saturated rings. The van der Waals surface area contributed by atoms with Crippen LogP contribution in [0.5, 0.6) is 0 Å². The maximum atomic E-state index is 13.6. The molecular formula is C24H25N2O3S+. The highest BCUT2D eigenvalue weighted by atomic mass is 32.1. The lowest BCUT2D eigenvalue weighted by Gasteiger charge is -2.33. The maximum absolute atomic E-state index is 13.6. The number of carbonyl (C=O) groups is 2. The minimum Gasteiger partial charge on any atom is -0.477 e. The Morgan fingerprint density at radius 2 is 1.70 bits per heavy atom. The summed E-state index contributed by atoms with van der Waals surface area (Å²) in [6, 6.07) is 19.1. The predicted octanol–water partition coefficient (Wildman–Crippen LogP) is 3.79. The summed E-state index contributed by atoms with van der Waals surface area (Å²) in [5.41, 5.74) is 3.12. The number of thiophene rings is 1. The Kier molecular flexibility index (Phi) is 5.97. The Morgan fingerprint density at radius 1 is 1.03 bits per heavy atom. The first kappa shape index (κ1) is 20.3. The number of carboxylic acids is 1. The second kappa shape index (κ2) is 8.81. The van der Waals surface area contributed by atoms with Gasteiger partial charge in [-0.1, -0.05) is 48.0 Å². The first-order valence-corrected chi connectivity index (χ1v) is 11.0. The molecule has 2 aromatic carbocycles. The van der Waals surface area contributed by atoms with Crippen molar-refractivity contribution >= 4 is 28.9 Å². The highest BCUT2D eigenvalue weighted by Gasteiger charge is 2.33. The van der Waals surface area contributed by atoms with E-state index in [0.29, 0.717) is 11.3 Å². The summed E-state index contributed by atoms with van der Waals surface area (Å²) in [7, 11) is 0. The Morgan fingerprint density at radius 3 is 2.33 bits per heavy atom. The molecule has 0 radical (unpaired) electrons. The molecule has 6 heteroatoms. The molecule has 1 amide bonds. The van der Waals surface area contributed by atoms with Gasteiger partial charge >= 0.3 is 5.97 Å². The minimum atomic E-state index is -0.999. The summed E-state index contributed by atoms with van der Waals surface area (Å²) in [4.78, 5) is 28.5. The molecule has 0 unspecified atom stereocenters. The Bertz CT molecular complexity index is 1040. The van der Waals surface area contributed by atoms with E-state index < -0.39 is 5.97 Å². The van der Waals surface area contributed by atoms with Crippen LogP contribution < -0.4 is 10.2 Å². The fourth-order valence-corrected chi connectivity index (χ4v) is 4.93. The van der Waals surface area contributed by atoms with Gasteiger partial charge in [0, 0.05) is 29.3 Å². The Labute approximate surface area is 180 Å². The molecule has 2 heterocycles. The van der Waals surface area contributed by atoms with E-state index in [0.717, 1.165) is 41.9 Å². The number of anilines is 1. The van der Waals surface area contributed by atoms with Gasteiger partial charge in [-0.25, -0.2) is 4.79 Å². The number of quaternary nitrogens is 1. The number of aromatic carboxylic acids is 1. The van der Waals surface area contributed by atoms with Crippen molar-refractivity contribution in [3.8, 4) is 10.4 Å². The van der Waals surface area contributed by atoms with Crippen molar-refractivity contribution in [2.45, 2.75) is 25.8 Å². The minimum absolute atomic E-state index is 0.0138. The average molecular weight is 422 g/mol. The van der Waals surface area contributed by atoms with Crippen molar-refractivity contribution < 1.29 is 20.0 Å². The van der Waals surface area contributed by atoms with Crippen LogP contribution in [0.2, 0.25) is 0 Å². The van der Waals surface area contributed by atoms with Crippen LogP contribution in [0.3, 0.4) is 0 Å². The van der Waals surface area contributed by atoms with Crippen LogP contribution in [-0.4, -0.2) is 36.1 Å². The van der Waals surface area contributed by atoms with Crippen molar-refractivity contribution in [1.82, 2.24) is 0 Å². The number of amides is 1. The lowest BCUT2D eigenvalue weighted by Crippen LogP contribution is -2.87. The van der Waals surface area contributed by atoms with Gasteiger partial charge in [0.2, 0.25) is 0 Å². The Hall–Kier alpha value is -2.96. The van der Waals surface area contributed by atoms with Gasteiger partial charge in [-0.3, -0.25) is 4.79 Å². The zero-order valence-corrected chi connectivity index (χ0v) is 17.7. The zero-order valence-electron chi connectivity index (χ0n) is 16.9. The lowest BCUT2D eigenvalue weighted by molar-refractivity contribution is -0.662. The van der Waals surface area contributed by atoms with E-state index in [4.69, 9.17) is 0 Å². The van der Waals surface area contributed by atoms with Gasteiger partial charge in [-0.05, 0) is 30.7 Å². The van der Waals surface area contributed by atoms with Gasteiger partial charge in [-0.15, -0.1) is 11.3 Å². The van der Waals surface area contributed by atoms with E-state index in [-0.39, 0.29) is 16.8 Å². The van der Waals surface area contributed by atoms with Crippen LogP contribution in [0.1, 0.15) is 38.4 Å². The number of carboxylic acid groups (broad SMARTS) is 1. The third-order valence-corrected chi connectivity index (χ3v) is 6.68. The molecule has 0 atom stereocenters. The van der Waals surface area contributed by atoms with Crippen molar-refractivity contribution in [1.29, 1.82) is 0 Å². The van der Waals surface area contributed by atoms with E-state index in [1.54, 1.807) is 4.90 Å². The normalized spacial score (nSPS) is 14.4. The number of benzene rings is 2. The van der Waals surface area contributed by atoms with Crippen LogP contribution in [0, 0.1) is 6.92 Å². The van der Waals surface area contributed by atoms with Gasteiger partial charge < -0.3 is 15.3 Å². The Balaban J connectivity index is 1.81. The number of carbonyl (C=O) groups excluding carboxylic acids is 1. The van der Waals surface area contributed by atoms with E-state index >= 15 is 0 Å². The standard InChI is InChI=1S/C24H24N2O3S/c1-16-7-9-18(10-8-16)23(27)26(19-11-13-25-14-12-19)20-15-21(30-22(20)24(28)29)17-5-3-2-4-6-17/h2-10,15,19,25H,11-14H2,1H3,(H,28,29)/p+1. The number of hydrogen-bond donors (Lipinski definition) is 2. The summed E-state index contributed by atoms with van der Waals surface area (Å²) >= 11 is 1.23. The molecule has 30 heavy (non-hydrogen) atoms. The number of nitrogens with two attached hydrogens (primary N) is 1. The quantitative estimate of drug-likeness (QED) is 0.658. The number of nitrogens with zero attached hydrogens (tertiary/aromatic N) is 1. The highest BCUT2D eigenvalue weighted by molar-refractivity contribution is 7.18. The van der Waals surface area contributed by atoms with Gasteiger partial charge in [0.25, 0.3) is 5.91 Å². The summed E-state index contributed by atoms with van der Waals surface area (Å²) in [5, 5.41) is 12.2. The lowest BCUT2D eigenvalue weighted by atomic mass is 10.0. The molecule has 1 saturated heterocycles. The van der Waals surface area contributed by atoms with Crippen LogP contribution >= 0.6 is 11.3 Å². The van der Waals surface area contributed by atoms with Crippen molar-refractivity contribution in [3.05, 3.63) is 76.7 Å². The number of piperidine rings is 1. The smallest absolute Gasteiger partial charge is 0.348 e. The van der Waals surface area contributed by atoms with Gasteiger partial charge in [0.1, 0.15) is 4.88 Å². The van der Waals surface area contributed by atoms with E-state index in [1.807, 2.05) is 67.6 Å².